The Kier molecular flexibility index (Phi) is 6.76. The molecule has 0 aliphatic carbocycles. The third-order valence-corrected chi connectivity index (χ3v) is 7.16. The molecule has 2 aliphatic heterocycles. The molecule has 2 saturated heterocycles. The first-order chi connectivity index (χ1) is 16.3. The maximum Gasteiger partial charge on any atom is 0.254 e. The summed E-state index contributed by atoms with van der Waals surface area (Å²) in [6, 6.07) is 20.2. The highest BCUT2D eigenvalue weighted by Gasteiger charge is 2.34. The van der Waals surface area contributed by atoms with Gasteiger partial charge < -0.3 is 4.90 Å². The van der Waals surface area contributed by atoms with Gasteiger partial charge in [-0.2, -0.15) is 4.68 Å². The molecule has 1 atom stereocenters. The highest BCUT2D eigenvalue weighted by atomic mass is 16.2. The van der Waals surface area contributed by atoms with E-state index in [1.54, 1.807) is 0 Å². The molecule has 2 aromatic carbocycles. The molecule has 3 heterocycles. The zero-order valence-electron chi connectivity index (χ0n) is 19.1. The standard InChI is InChI=1S/C26H32N6O/c33-26(22-10-4-1-5-11-22)31-17-9-3-8-14-24(31)21-15-18-30(19-16-21)20-25-27-28-29-32(25)23-12-6-2-7-13-23/h1-2,4-7,10-13,21,24H,3,8-9,14-20H2/t24-/m1/s1. The minimum Gasteiger partial charge on any atom is -0.335 e. The predicted octanol–water partition coefficient (Wildman–Crippen LogP) is 3.96. The van der Waals surface area contributed by atoms with Crippen LogP contribution in [0, 0.1) is 5.92 Å². The molecule has 7 heteroatoms. The largest absolute Gasteiger partial charge is 0.335 e. The molecule has 3 aromatic rings. The Morgan fingerprint density at radius 2 is 1.58 bits per heavy atom. The lowest BCUT2D eigenvalue weighted by Crippen LogP contribution is -2.47. The van der Waals surface area contributed by atoms with Crippen molar-refractivity contribution in [2.45, 2.75) is 51.1 Å². The number of likely N-dealkylation sites (tertiary alicyclic amines) is 2. The lowest BCUT2D eigenvalue weighted by atomic mass is 9.86. The summed E-state index contributed by atoms with van der Waals surface area (Å²) in [6.45, 7) is 3.64. The van der Waals surface area contributed by atoms with Crippen molar-refractivity contribution in [1.82, 2.24) is 30.0 Å². The van der Waals surface area contributed by atoms with Gasteiger partial charge in [0, 0.05) is 18.2 Å². The molecule has 2 aliphatic rings. The third kappa shape index (κ3) is 4.98. The minimum absolute atomic E-state index is 0.201. The van der Waals surface area contributed by atoms with Gasteiger partial charge >= 0.3 is 0 Å². The van der Waals surface area contributed by atoms with Crippen LogP contribution in [0.5, 0.6) is 0 Å². The number of hydrogen-bond acceptors (Lipinski definition) is 5. The smallest absolute Gasteiger partial charge is 0.254 e. The SMILES string of the molecule is O=C(c1ccccc1)N1CCCCC[C@@H]1C1CCN(Cc2nnnn2-c2ccccc2)CC1. The fourth-order valence-corrected chi connectivity index (χ4v) is 5.39. The van der Waals surface area contributed by atoms with Gasteiger partial charge in [-0.3, -0.25) is 9.69 Å². The molecule has 1 aromatic heterocycles. The number of benzene rings is 2. The number of rotatable bonds is 5. The van der Waals surface area contributed by atoms with Crippen molar-refractivity contribution < 1.29 is 4.79 Å². The molecule has 5 rings (SSSR count). The lowest BCUT2D eigenvalue weighted by Gasteiger charge is -2.40. The number of tetrazole rings is 1. The van der Waals surface area contributed by atoms with E-state index in [2.05, 4.69) is 25.3 Å². The molecular weight excluding hydrogens is 412 g/mol. The van der Waals surface area contributed by atoms with Crippen molar-refractivity contribution in [3.63, 3.8) is 0 Å². The van der Waals surface area contributed by atoms with Gasteiger partial charge in [-0.05, 0) is 79.4 Å². The number of carbonyl (C=O) groups is 1. The monoisotopic (exact) mass is 444 g/mol. The molecule has 2 fully saturated rings. The van der Waals surface area contributed by atoms with Crippen molar-refractivity contribution in [3.05, 3.63) is 72.1 Å². The molecule has 7 nitrogen and oxygen atoms in total. The van der Waals surface area contributed by atoms with Crippen LogP contribution in [-0.4, -0.2) is 61.6 Å². The Bertz CT molecular complexity index is 1030. The van der Waals surface area contributed by atoms with Crippen molar-refractivity contribution in [2.24, 2.45) is 5.92 Å². The van der Waals surface area contributed by atoms with E-state index in [0.717, 1.165) is 68.9 Å². The van der Waals surface area contributed by atoms with Crippen LogP contribution in [0.3, 0.4) is 0 Å². The maximum absolute atomic E-state index is 13.3. The minimum atomic E-state index is 0.201. The van der Waals surface area contributed by atoms with Gasteiger partial charge in [-0.25, -0.2) is 0 Å². The molecule has 172 valence electrons. The van der Waals surface area contributed by atoms with E-state index in [-0.39, 0.29) is 5.91 Å². The topological polar surface area (TPSA) is 67.2 Å². The zero-order chi connectivity index (χ0) is 22.5. The Labute approximate surface area is 195 Å². The summed E-state index contributed by atoms with van der Waals surface area (Å²) in [6.07, 6.45) is 6.88. The molecule has 0 saturated carbocycles. The summed E-state index contributed by atoms with van der Waals surface area (Å²) in [5.41, 5.74) is 1.80. The van der Waals surface area contributed by atoms with Crippen LogP contribution in [0.4, 0.5) is 0 Å². The van der Waals surface area contributed by atoms with Crippen LogP contribution < -0.4 is 0 Å². The predicted molar refractivity (Wildman–Crippen MR) is 127 cm³/mol. The Morgan fingerprint density at radius 1 is 0.848 bits per heavy atom. The average Bonchev–Trinajstić information content (AvgIpc) is 3.20. The first-order valence-corrected chi connectivity index (χ1v) is 12.2. The molecule has 33 heavy (non-hydrogen) atoms. The van der Waals surface area contributed by atoms with Crippen LogP contribution in [0.2, 0.25) is 0 Å². The van der Waals surface area contributed by atoms with Crippen molar-refractivity contribution in [3.8, 4) is 5.69 Å². The van der Waals surface area contributed by atoms with Crippen molar-refractivity contribution in [1.29, 1.82) is 0 Å². The Hall–Kier alpha value is -3.06. The molecule has 1 amide bonds. The second-order valence-electron chi connectivity index (χ2n) is 9.24. The Morgan fingerprint density at radius 3 is 2.33 bits per heavy atom. The van der Waals surface area contributed by atoms with E-state index in [1.807, 2.05) is 65.3 Å². The van der Waals surface area contributed by atoms with Crippen LogP contribution in [0.15, 0.2) is 60.7 Å². The highest BCUT2D eigenvalue weighted by molar-refractivity contribution is 5.94. The Balaban J connectivity index is 1.24. The van der Waals surface area contributed by atoms with E-state index in [9.17, 15) is 4.79 Å². The fraction of sp³-hybridized carbons (Fsp3) is 0.462. The van der Waals surface area contributed by atoms with Crippen LogP contribution >= 0.6 is 0 Å². The maximum atomic E-state index is 13.3. The van der Waals surface area contributed by atoms with E-state index in [1.165, 1.54) is 12.8 Å². The fourth-order valence-electron chi connectivity index (χ4n) is 5.39. The van der Waals surface area contributed by atoms with Crippen molar-refractivity contribution in [2.75, 3.05) is 19.6 Å². The number of aromatic nitrogens is 4. The van der Waals surface area contributed by atoms with Crippen molar-refractivity contribution >= 4 is 5.91 Å². The normalized spacial score (nSPS) is 20.5. The average molecular weight is 445 g/mol. The van der Waals surface area contributed by atoms with E-state index in [4.69, 9.17) is 0 Å². The molecule has 0 unspecified atom stereocenters. The molecule has 0 bridgehead atoms. The summed E-state index contributed by atoms with van der Waals surface area (Å²) in [5.74, 6) is 1.62. The number of hydrogen-bond donors (Lipinski definition) is 0. The molecule has 0 N–H and O–H groups in total. The lowest BCUT2D eigenvalue weighted by molar-refractivity contribution is 0.0512. The first kappa shape index (κ1) is 21.8. The summed E-state index contributed by atoms with van der Waals surface area (Å²) >= 11 is 0. The first-order valence-electron chi connectivity index (χ1n) is 12.2. The number of amides is 1. The van der Waals surface area contributed by atoms with E-state index >= 15 is 0 Å². The zero-order valence-corrected chi connectivity index (χ0v) is 19.1. The van der Waals surface area contributed by atoms with Crippen LogP contribution in [0.1, 0.15) is 54.7 Å². The second kappa shape index (κ2) is 10.3. The van der Waals surface area contributed by atoms with E-state index in [0.29, 0.717) is 12.0 Å². The van der Waals surface area contributed by atoms with Gasteiger partial charge in [-0.1, -0.05) is 49.2 Å². The summed E-state index contributed by atoms with van der Waals surface area (Å²) < 4.78 is 1.83. The molecule has 0 radical (unpaired) electrons. The number of nitrogens with zero attached hydrogens (tertiary/aromatic N) is 6. The van der Waals surface area contributed by atoms with Crippen LogP contribution in [-0.2, 0) is 6.54 Å². The summed E-state index contributed by atoms with van der Waals surface area (Å²) in [7, 11) is 0. The van der Waals surface area contributed by atoms with Gasteiger partial charge in [-0.15, -0.1) is 5.10 Å². The van der Waals surface area contributed by atoms with Gasteiger partial charge in [0.2, 0.25) is 0 Å². The summed E-state index contributed by atoms with van der Waals surface area (Å²) in [5, 5.41) is 12.4. The van der Waals surface area contributed by atoms with Gasteiger partial charge in [0.15, 0.2) is 5.82 Å². The van der Waals surface area contributed by atoms with Gasteiger partial charge in [0.1, 0.15) is 0 Å². The third-order valence-electron chi connectivity index (χ3n) is 7.16. The van der Waals surface area contributed by atoms with Gasteiger partial charge in [0.25, 0.3) is 5.91 Å². The molecular formula is C26H32N6O. The van der Waals surface area contributed by atoms with E-state index < -0.39 is 0 Å². The number of para-hydroxylation sites is 1. The summed E-state index contributed by atoms with van der Waals surface area (Å²) in [4.78, 5) is 18.0. The number of piperidine rings is 1. The quantitative estimate of drug-likeness (QED) is 0.596. The van der Waals surface area contributed by atoms with Crippen LogP contribution in [0.25, 0.3) is 5.69 Å². The number of carbonyl (C=O) groups excluding carboxylic acids is 1. The van der Waals surface area contributed by atoms with Gasteiger partial charge in [0.05, 0.1) is 12.2 Å². The highest BCUT2D eigenvalue weighted by Crippen LogP contribution is 2.31. The second-order valence-corrected chi connectivity index (χ2v) is 9.24. The molecule has 0 spiro atoms.